The molecule has 1 aromatic heterocycles. The molecule has 124 valence electrons. The summed E-state index contributed by atoms with van der Waals surface area (Å²) in [5.74, 6) is 0. The molecule has 0 aliphatic rings. The molecule has 3 aromatic carbocycles. The van der Waals surface area contributed by atoms with Crippen molar-refractivity contribution in [1.82, 2.24) is 9.78 Å². The van der Waals surface area contributed by atoms with Gasteiger partial charge in [-0.05, 0) is 29.2 Å². The number of rotatable bonds is 2. The average molecular weight is 326 g/mol. The zero-order valence-electron chi connectivity index (χ0n) is 14.9. The Hall–Kier alpha value is -2.87. The molecule has 2 nitrogen and oxygen atoms in total. The number of fused-ring (bicyclic) bond motifs is 1. The number of benzene rings is 3. The van der Waals surface area contributed by atoms with Crippen LogP contribution in [-0.4, -0.2) is 9.78 Å². The first kappa shape index (κ1) is 15.6. The highest BCUT2D eigenvalue weighted by Crippen LogP contribution is 2.31. The summed E-state index contributed by atoms with van der Waals surface area (Å²) in [6, 6.07) is 27.5. The quantitative estimate of drug-likeness (QED) is 0.442. The molecule has 0 amide bonds. The SMILES string of the molecule is CC(C)(C)c1ccc(-n2nc3ccccc3c2-c2ccccc2)cc1. The van der Waals surface area contributed by atoms with Gasteiger partial charge in [0.2, 0.25) is 0 Å². The molecule has 0 aliphatic carbocycles. The maximum atomic E-state index is 4.87. The van der Waals surface area contributed by atoms with Crippen LogP contribution in [0, 0.1) is 0 Å². The summed E-state index contributed by atoms with van der Waals surface area (Å²) < 4.78 is 2.06. The fourth-order valence-electron chi connectivity index (χ4n) is 3.20. The van der Waals surface area contributed by atoms with Gasteiger partial charge in [-0.3, -0.25) is 0 Å². The van der Waals surface area contributed by atoms with E-state index in [0.717, 1.165) is 16.9 Å². The Morgan fingerprint density at radius 2 is 1.36 bits per heavy atom. The summed E-state index contributed by atoms with van der Waals surface area (Å²) in [4.78, 5) is 0. The minimum absolute atomic E-state index is 0.148. The van der Waals surface area contributed by atoms with Crippen LogP contribution in [0.5, 0.6) is 0 Å². The molecule has 0 bridgehead atoms. The third-order valence-electron chi connectivity index (χ3n) is 4.60. The van der Waals surface area contributed by atoms with E-state index >= 15 is 0 Å². The van der Waals surface area contributed by atoms with Crippen molar-refractivity contribution in [2.24, 2.45) is 0 Å². The molecular weight excluding hydrogens is 304 g/mol. The average Bonchev–Trinajstić information content (AvgIpc) is 3.01. The van der Waals surface area contributed by atoms with Crippen LogP contribution in [0.15, 0.2) is 78.9 Å². The Kier molecular flexibility index (Phi) is 3.69. The van der Waals surface area contributed by atoms with E-state index in [2.05, 4.69) is 92.2 Å². The Labute approximate surface area is 148 Å². The minimum atomic E-state index is 0.148. The van der Waals surface area contributed by atoms with Crippen molar-refractivity contribution in [3.8, 4) is 16.9 Å². The minimum Gasteiger partial charge on any atom is -0.232 e. The van der Waals surface area contributed by atoms with Gasteiger partial charge in [-0.2, -0.15) is 5.10 Å². The third kappa shape index (κ3) is 2.85. The van der Waals surface area contributed by atoms with Crippen molar-refractivity contribution in [3.63, 3.8) is 0 Å². The lowest BCUT2D eigenvalue weighted by atomic mass is 9.87. The van der Waals surface area contributed by atoms with Gasteiger partial charge < -0.3 is 0 Å². The van der Waals surface area contributed by atoms with E-state index in [1.54, 1.807) is 0 Å². The molecule has 0 unspecified atom stereocenters. The van der Waals surface area contributed by atoms with E-state index in [1.807, 2.05) is 12.1 Å². The predicted molar refractivity (Wildman–Crippen MR) is 105 cm³/mol. The van der Waals surface area contributed by atoms with E-state index in [4.69, 9.17) is 5.10 Å². The molecule has 4 rings (SSSR count). The molecule has 0 aliphatic heterocycles. The first-order valence-corrected chi connectivity index (χ1v) is 8.68. The van der Waals surface area contributed by atoms with Crippen molar-refractivity contribution < 1.29 is 0 Å². The highest BCUT2D eigenvalue weighted by Gasteiger charge is 2.16. The van der Waals surface area contributed by atoms with Crippen molar-refractivity contribution in [1.29, 1.82) is 0 Å². The van der Waals surface area contributed by atoms with E-state index < -0.39 is 0 Å². The molecule has 0 atom stereocenters. The van der Waals surface area contributed by atoms with Crippen LogP contribution in [0.25, 0.3) is 27.8 Å². The van der Waals surface area contributed by atoms with Gasteiger partial charge >= 0.3 is 0 Å². The van der Waals surface area contributed by atoms with Crippen molar-refractivity contribution in [2.75, 3.05) is 0 Å². The monoisotopic (exact) mass is 326 g/mol. The lowest BCUT2D eigenvalue weighted by Gasteiger charge is -2.19. The molecule has 0 saturated heterocycles. The summed E-state index contributed by atoms with van der Waals surface area (Å²) in [5.41, 5.74) is 5.89. The first-order chi connectivity index (χ1) is 12.0. The normalized spacial score (nSPS) is 11.8. The Morgan fingerprint density at radius 3 is 2.04 bits per heavy atom. The van der Waals surface area contributed by atoms with Gasteiger partial charge in [0.15, 0.2) is 0 Å². The second-order valence-electron chi connectivity index (χ2n) is 7.44. The van der Waals surface area contributed by atoms with Gasteiger partial charge in [0, 0.05) is 10.9 Å². The van der Waals surface area contributed by atoms with Crippen LogP contribution >= 0.6 is 0 Å². The third-order valence-corrected chi connectivity index (χ3v) is 4.60. The van der Waals surface area contributed by atoms with Crippen LogP contribution in [-0.2, 0) is 5.41 Å². The van der Waals surface area contributed by atoms with E-state index in [-0.39, 0.29) is 5.41 Å². The van der Waals surface area contributed by atoms with Crippen LogP contribution in [0.2, 0.25) is 0 Å². The molecule has 1 heterocycles. The van der Waals surface area contributed by atoms with E-state index in [1.165, 1.54) is 16.5 Å². The van der Waals surface area contributed by atoms with Crippen molar-refractivity contribution in [2.45, 2.75) is 26.2 Å². The zero-order valence-corrected chi connectivity index (χ0v) is 14.9. The fraction of sp³-hybridized carbons (Fsp3) is 0.174. The smallest absolute Gasteiger partial charge is 0.0934 e. The molecule has 0 spiro atoms. The Bertz CT molecular complexity index is 1000. The molecule has 25 heavy (non-hydrogen) atoms. The summed E-state index contributed by atoms with van der Waals surface area (Å²) in [6.45, 7) is 6.71. The number of aromatic nitrogens is 2. The van der Waals surface area contributed by atoms with Crippen LogP contribution in [0.4, 0.5) is 0 Å². The topological polar surface area (TPSA) is 17.8 Å². The molecule has 2 heteroatoms. The van der Waals surface area contributed by atoms with E-state index in [9.17, 15) is 0 Å². The summed E-state index contributed by atoms with van der Waals surface area (Å²) in [6.07, 6.45) is 0. The highest BCUT2D eigenvalue weighted by molar-refractivity contribution is 5.94. The van der Waals surface area contributed by atoms with Crippen molar-refractivity contribution >= 4 is 10.9 Å². The predicted octanol–water partition coefficient (Wildman–Crippen LogP) is 5.99. The summed E-state index contributed by atoms with van der Waals surface area (Å²) in [7, 11) is 0. The molecule has 0 radical (unpaired) electrons. The van der Waals surface area contributed by atoms with Gasteiger partial charge in [-0.15, -0.1) is 0 Å². The maximum absolute atomic E-state index is 4.87. The van der Waals surface area contributed by atoms with Crippen molar-refractivity contribution in [3.05, 3.63) is 84.4 Å². The molecule has 0 N–H and O–H groups in total. The van der Waals surface area contributed by atoms with Crippen LogP contribution < -0.4 is 0 Å². The second-order valence-corrected chi connectivity index (χ2v) is 7.44. The van der Waals surface area contributed by atoms with Crippen LogP contribution in [0.3, 0.4) is 0 Å². The van der Waals surface area contributed by atoms with Gasteiger partial charge in [-0.1, -0.05) is 81.4 Å². The van der Waals surface area contributed by atoms with Gasteiger partial charge in [0.05, 0.1) is 16.9 Å². The largest absolute Gasteiger partial charge is 0.232 e. The number of hydrogen-bond donors (Lipinski definition) is 0. The fourth-order valence-corrected chi connectivity index (χ4v) is 3.20. The standard InChI is InChI=1S/C23H22N2/c1-23(2,3)18-13-15-19(16-14-18)25-22(17-9-5-4-6-10-17)20-11-7-8-12-21(20)24-25/h4-16H,1-3H3. The molecule has 0 fully saturated rings. The highest BCUT2D eigenvalue weighted by atomic mass is 15.3. The number of hydrogen-bond acceptors (Lipinski definition) is 1. The lowest BCUT2D eigenvalue weighted by Crippen LogP contribution is -2.11. The Morgan fingerprint density at radius 1 is 0.720 bits per heavy atom. The first-order valence-electron chi connectivity index (χ1n) is 8.68. The maximum Gasteiger partial charge on any atom is 0.0934 e. The van der Waals surface area contributed by atoms with Gasteiger partial charge in [0.25, 0.3) is 0 Å². The molecular formula is C23H22N2. The number of nitrogens with zero attached hydrogens (tertiary/aromatic N) is 2. The van der Waals surface area contributed by atoms with Gasteiger partial charge in [-0.25, -0.2) is 4.68 Å². The van der Waals surface area contributed by atoms with Crippen LogP contribution in [0.1, 0.15) is 26.3 Å². The molecule has 4 aromatic rings. The zero-order chi connectivity index (χ0) is 17.4. The van der Waals surface area contributed by atoms with Gasteiger partial charge in [0.1, 0.15) is 0 Å². The summed E-state index contributed by atoms with van der Waals surface area (Å²) in [5, 5.41) is 6.04. The molecule has 0 saturated carbocycles. The Balaban J connectivity index is 1.93. The lowest BCUT2D eigenvalue weighted by molar-refractivity contribution is 0.590. The van der Waals surface area contributed by atoms with E-state index in [0.29, 0.717) is 0 Å². The summed E-state index contributed by atoms with van der Waals surface area (Å²) >= 11 is 0. The second kappa shape index (κ2) is 5.89.